The van der Waals surface area contributed by atoms with Gasteiger partial charge in [0.1, 0.15) is 3.72 Å². The van der Waals surface area contributed by atoms with E-state index in [9.17, 15) is 0 Å². The quantitative estimate of drug-likeness (QED) is 0.541. The van der Waals surface area contributed by atoms with Gasteiger partial charge in [-0.1, -0.05) is 0 Å². The Bertz CT molecular complexity index is 160. The normalized spacial score (nSPS) is 13.7. The average Bonchev–Trinajstić information content (AvgIpc) is 1.87. The van der Waals surface area contributed by atoms with Gasteiger partial charge in [0.2, 0.25) is 0 Å². The first-order valence-corrected chi connectivity index (χ1v) is 4.32. The van der Waals surface area contributed by atoms with Crippen LogP contribution in [0.2, 0.25) is 0 Å². The molecule has 0 rings (SSSR count). The fourth-order valence-electron chi connectivity index (χ4n) is 0.240. The van der Waals surface area contributed by atoms with Crippen molar-refractivity contribution in [1.82, 2.24) is 0 Å². The van der Waals surface area contributed by atoms with Crippen molar-refractivity contribution in [2.45, 2.75) is 0 Å². The van der Waals surface area contributed by atoms with Crippen molar-refractivity contribution in [3.63, 3.8) is 0 Å². The van der Waals surface area contributed by atoms with Crippen LogP contribution in [0.4, 0.5) is 0 Å². The van der Waals surface area contributed by atoms with E-state index in [4.69, 9.17) is 0 Å². The second kappa shape index (κ2) is 5.33. The first-order chi connectivity index (χ1) is 4.22. The molecule has 0 bridgehead atoms. The molecule has 0 aromatic carbocycles. The van der Waals surface area contributed by atoms with Crippen molar-refractivity contribution in [2.75, 3.05) is 7.05 Å². The van der Waals surface area contributed by atoms with Crippen molar-refractivity contribution in [3.05, 3.63) is 9.78 Å². The molecule has 0 saturated heterocycles. The summed E-state index contributed by atoms with van der Waals surface area (Å²) in [6.07, 6.45) is 1.68. The molecule has 2 nitrogen and oxygen atoms in total. The second-order valence-corrected chi connectivity index (χ2v) is 3.36. The summed E-state index contributed by atoms with van der Waals surface area (Å²) in [5.74, 6) is 0. The molecule has 0 saturated carbocycles. The van der Waals surface area contributed by atoms with E-state index in [1.54, 1.807) is 13.2 Å². The van der Waals surface area contributed by atoms with Crippen LogP contribution in [0, 0.1) is 0 Å². The van der Waals surface area contributed by atoms with Crippen LogP contribution in [0.25, 0.3) is 0 Å². The summed E-state index contributed by atoms with van der Waals surface area (Å²) >= 11 is 4.30. The Kier molecular flexibility index (Phi) is 5.65. The average molecular weight is 348 g/mol. The fraction of sp³-hybridized carbons (Fsp3) is 0.200. The molecule has 0 atom stereocenters. The standard InChI is InChI=1S/C5H6I2N2/c1-8-3-4(6)5(7)9-2/h3H,1H2,2H3/b4-3+,9-5+. The molecular weight excluding hydrogens is 342 g/mol. The zero-order chi connectivity index (χ0) is 7.28. The van der Waals surface area contributed by atoms with E-state index >= 15 is 0 Å². The SMILES string of the molecule is C=N/C=C(I)\C(I)=N/C. The summed E-state index contributed by atoms with van der Waals surface area (Å²) in [7, 11) is 1.75. The van der Waals surface area contributed by atoms with E-state index in [0.717, 1.165) is 7.30 Å². The third kappa shape index (κ3) is 4.01. The Balaban J connectivity index is 4.19. The van der Waals surface area contributed by atoms with E-state index in [0.29, 0.717) is 0 Å². The van der Waals surface area contributed by atoms with Crippen molar-refractivity contribution in [1.29, 1.82) is 0 Å². The van der Waals surface area contributed by atoms with Gasteiger partial charge in [-0.2, -0.15) is 0 Å². The van der Waals surface area contributed by atoms with Crippen LogP contribution in [0.1, 0.15) is 0 Å². The Hall–Kier alpha value is 0.540. The summed E-state index contributed by atoms with van der Waals surface area (Å²) in [6.45, 7) is 3.33. The molecule has 0 unspecified atom stereocenters. The lowest BCUT2D eigenvalue weighted by Gasteiger charge is -1.89. The van der Waals surface area contributed by atoms with Gasteiger partial charge in [-0.25, -0.2) is 0 Å². The van der Waals surface area contributed by atoms with Crippen LogP contribution in [0.5, 0.6) is 0 Å². The maximum absolute atomic E-state index is 3.95. The minimum absolute atomic E-state index is 0.959. The summed E-state index contributed by atoms with van der Waals surface area (Å²) < 4.78 is 1.98. The smallest absolute Gasteiger partial charge is 0.110 e. The third-order valence-electron chi connectivity index (χ3n) is 0.598. The zero-order valence-corrected chi connectivity index (χ0v) is 9.25. The number of nitrogens with zero attached hydrogens (tertiary/aromatic N) is 2. The Morgan fingerprint density at radius 2 is 2.11 bits per heavy atom. The molecular formula is C5H6I2N2. The molecule has 50 valence electrons. The lowest BCUT2D eigenvalue weighted by Crippen LogP contribution is -1.82. The molecule has 0 fully saturated rings. The van der Waals surface area contributed by atoms with E-state index in [2.05, 4.69) is 61.9 Å². The highest BCUT2D eigenvalue weighted by molar-refractivity contribution is 14.1. The molecule has 0 aromatic heterocycles. The molecule has 0 N–H and O–H groups in total. The van der Waals surface area contributed by atoms with Crippen molar-refractivity contribution >= 4 is 55.6 Å². The first-order valence-electron chi connectivity index (χ1n) is 2.16. The van der Waals surface area contributed by atoms with Gasteiger partial charge in [0.05, 0.1) is 3.58 Å². The largest absolute Gasteiger partial charge is 0.281 e. The molecule has 0 aliphatic carbocycles. The Labute approximate surface area is 81.8 Å². The minimum atomic E-state index is 0.959. The van der Waals surface area contributed by atoms with Crippen LogP contribution >= 0.6 is 45.2 Å². The van der Waals surface area contributed by atoms with Crippen LogP contribution in [0.3, 0.4) is 0 Å². The molecule has 0 aliphatic heterocycles. The van der Waals surface area contributed by atoms with Gasteiger partial charge >= 0.3 is 0 Å². The molecule has 4 heteroatoms. The minimum Gasteiger partial charge on any atom is -0.281 e. The predicted molar refractivity (Wildman–Crippen MR) is 59.0 cm³/mol. The van der Waals surface area contributed by atoms with Gasteiger partial charge in [0, 0.05) is 13.2 Å². The number of allylic oxidation sites excluding steroid dienone is 1. The topological polar surface area (TPSA) is 24.7 Å². The van der Waals surface area contributed by atoms with Crippen molar-refractivity contribution in [3.8, 4) is 0 Å². The fourth-order valence-corrected chi connectivity index (χ4v) is 0.818. The maximum atomic E-state index is 3.95. The summed E-state index contributed by atoms with van der Waals surface area (Å²) in [4.78, 5) is 7.55. The summed E-state index contributed by atoms with van der Waals surface area (Å²) in [5.41, 5.74) is 0. The van der Waals surface area contributed by atoms with Crippen LogP contribution < -0.4 is 0 Å². The molecule has 0 aliphatic rings. The number of hydrogen-bond donors (Lipinski definition) is 0. The van der Waals surface area contributed by atoms with Gasteiger partial charge in [0.25, 0.3) is 0 Å². The van der Waals surface area contributed by atoms with E-state index in [1.807, 2.05) is 0 Å². The highest BCUT2D eigenvalue weighted by atomic mass is 127. The Morgan fingerprint density at radius 1 is 1.56 bits per heavy atom. The van der Waals surface area contributed by atoms with E-state index in [1.165, 1.54) is 0 Å². The second-order valence-electron chi connectivity index (χ2n) is 1.17. The number of aliphatic imine (C=N–C) groups is 2. The number of hydrogen-bond acceptors (Lipinski definition) is 2. The van der Waals surface area contributed by atoms with E-state index in [-0.39, 0.29) is 0 Å². The number of halogens is 2. The van der Waals surface area contributed by atoms with Gasteiger partial charge in [-0.3, -0.25) is 9.98 Å². The molecule has 9 heavy (non-hydrogen) atoms. The lowest BCUT2D eigenvalue weighted by atomic mass is 10.7. The summed E-state index contributed by atoms with van der Waals surface area (Å²) in [6, 6.07) is 0. The molecule has 0 aromatic rings. The van der Waals surface area contributed by atoms with Gasteiger partial charge in [-0.15, -0.1) is 0 Å². The van der Waals surface area contributed by atoms with Crippen LogP contribution in [0.15, 0.2) is 19.8 Å². The van der Waals surface area contributed by atoms with Crippen molar-refractivity contribution < 1.29 is 0 Å². The molecule has 0 spiro atoms. The molecule has 0 amide bonds. The van der Waals surface area contributed by atoms with Gasteiger partial charge < -0.3 is 0 Å². The maximum Gasteiger partial charge on any atom is 0.110 e. The predicted octanol–water partition coefficient (Wildman–Crippen LogP) is 2.43. The number of rotatable bonds is 2. The van der Waals surface area contributed by atoms with Crippen LogP contribution in [-0.4, -0.2) is 17.5 Å². The first kappa shape index (κ1) is 9.54. The third-order valence-corrected chi connectivity index (χ3v) is 3.48. The van der Waals surface area contributed by atoms with Crippen molar-refractivity contribution in [2.24, 2.45) is 9.98 Å². The molecule has 0 radical (unpaired) electrons. The lowest BCUT2D eigenvalue weighted by molar-refractivity contribution is 1.47. The van der Waals surface area contributed by atoms with E-state index < -0.39 is 0 Å². The highest BCUT2D eigenvalue weighted by Crippen LogP contribution is 2.12. The zero-order valence-electron chi connectivity index (χ0n) is 4.93. The van der Waals surface area contributed by atoms with Crippen LogP contribution in [-0.2, 0) is 0 Å². The highest BCUT2D eigenvalue weighted by Gasteiger charge is 1.93. The Morgan fingerprint density at radius 3 is 2.44 bits per heavy atom. The molecule has 0 heterocycles. The van der Waals surface area contributed by atoms with Gasteiger partial charge in [0.15, 0.2) is 0 Å². The summed E-state index contributed by atoms with van der Waals surface area (Å²) in [5, 5.41) is 0. The monoisotopic (exact) mass is 348 g/mol. The van der Waals surface area contributed by atoms with Gasteiger partial charge in [-0.05, 0) is 51.9 Å².